The summed E-state index contributed by atoms with van der Waals surface area (Å²) in [5.74, 6) is 0.0599. The van der Waals surface area contributed by atoms with Gasteiger partial charge in [0.1, 0.15) is 0 Å². The summed E-state index contributed by atoms with van der Waals surface area (Å²) in [6, 6.07) is 0. The lowest BCUT2D eigenvalue weighted by Gasteiger charge is -2.36. The first-order chi connectivity index (χ1) is 11.0. The molecule has 0 spiro atoms. The molecule has 0 saturated carbocycles. The first kappa shape index (κ1) is 25.7. The van der Waals surface area contributed by atoms with Crippen LogP contribution in [0.1, 0.15) is 112 Å². The molecule has 3 heteroatoms. The van der Waals surface area contributed by atoms with E-state index in [9.17, 15) is 4.79 Å². The van der Waals surface area contributed by atoms with E-state index in [0.29, 0.717) is 12.0 Å². The van der Waals surface area contributed by atoms with Crippen LogP contribution in [0.2, 0.25) is 0 Å². The van der Waals surface area contributed by atoms with E-state index in [1.807, 2.05) is 0 Å². The molecule has 0 saturated heterocycles. The second-order valence-electron chi connectivity index (χ2n) is 7.44. The van der Waals surface area contributed by atoms with Crippen molar-refractivity contribution in [2.45, 2.75) is 112 Å². The molecular formula is C21H45NO2. The van der Waals surface area contributed by atoms with Crippen molar-refractivity contribution in [1.82, 2.24) is 6.15 Å². The van der Waals surface area contributed by atoms with Gasteiger partial charge in [-0.15, -0.1) is 0 Å². The van der Waals surface area contributed by atoms with Crippen LogP contribution in [0.25, 0.3) is 0 Å². The molecule has 0 aliphatic rings. The van der Waals surface area contributed by atoms with Gasteiger partial charge in [0.25, 0.3) is 0 Å². The Morgan fingerprint density at radius 3 is 1.62 bits per heavy atom. The van der Waals surface area contributed by atoms with Crippen molar-refractivity contribution >= 4 is 5.97 Å². The molecule has 0 radical (unpaired) electrons. The van der Waals surface area contributed by atoms with E-state index in [-0.39, 0.29) is 18.0 Å². The average molecular weight is 344 g/mol. The Bertz CT molecular complexity index is 270. The average Bonchev–Trinajstić information content (AvgIpc) is 2.56. The third-order valence-corrected chi connectivity index (χ3v) is 5.07. The lowest BCUT2D eigenvalue weighted by molar-refractivity contribution is -0.149. The van der Waals surface area contributed by atoms with Gasteiger partial charge in [-0.2, -0.15) is 0 Å². The van der Waals surface area contributed by atoms with Gasteiger partial charge in [-0.1, -0.05) is 79.6 Å². The van der Waals surface area contributed by atoms with E-state index in [1.165, 1.54) is 57.8 Å². The van der Waals surface area contributed by atoms with Gasteiger partial charge in [0.05, 0.1) is 12.5 Å². The summed E-state index contributed by atoms with van der Waals surface area (Å²) in [4.78, 5) is 12.3. The molecule has 0 bridgehead atoms. The highest BCUT2D eigenvalue weighted by atomic mass is 16.5. The van der Waals surface area contributed by atoms with E-state index in [4.69, 9.17) is 4.74 Å². The van der Waals surface area contributed by atoms with Crippen molar-refractivity contribution < 1.29 is 9.53 Å². The topological polar surface area (TPSA) is 61.3 Å². The van der Waals surface area contributed by atoms with Gasteiger partial charge in [0.15, 0.2) is 0 Å². The summed E-state index contributed by atoms with van der Waals surface area (Å²) in [7, 11) is 0. The third-order valence-electron chi connectivity index (χ3n) is 5.07. The maximum absolute atomic E-state index is 12.3. The fourth-order valence-corrected chi connectivity index (χ4v) is 3.53. The minimum atomic E-state index is 0. The highest BCUT2D eigenvalue weighted by Gasteiger charge is 2.32. The van der Waals surface area contributed by atoms with Gasteiger partial charge in [-0.25, -0.2) is 0 Å². The quantitative estimate of drug-likeness (QED) is 0.255. The number of ether oxygens (including phenoxy) is 1. The summed E-state index contributed by atoms with van der Waals surface area (Å²) >= 11 is 0. The molecular weight excluding hydrogens is 298 g/mol. The second kappa shape index (κ2) is 15.9. The Kier molecular flexibility index (Phi) is 17.0. The van der Waals surface area contributed by atoms with E-state index < -0.39 is 0 Å². The standard InChI is InChI=1S/C21H42O2.H3N/c1-6-10-14-21(15-11-7-2,16-12-8-3)18-19(5)20(22)23-17-13-9-4;/h19H,6-18H2,1-5H3;1H3. The lowest BCUT2D eigenvalue weighted by atomic mass is 9.69. The number of unbranched alkanes of at least 4 members (excludes halogenated alkanes) is 4. The molecule has 24 heavy (non-hydrogen) atoms. The van der Waals surface area contributed by atoms with E-state index in [0.717, 1.165) is 19.3 Å². The number of rotatable bonds is 15. The molecule has 0 heterocycles. The van der Waals surface area contributed by atoms with Gasteiger partial charge in [-0.3, -0.25) is 4.79 Å². The zero-order chi connectivity index (χ0) is 17.6. The van der Waals surface area contributed by atoms with Crippen LogP contribution in [0.4, 0.5) is 0 Å². The number of carbonyl (C=O) groups excluding carboxylic acids is 1. The summed E-state index contributed by atoms with van der Waals surface area (Å²) < 4.78 is 5.46. The third kappa shape index (κ3) is 11.1. The molecule has 0 aromatic carbocycles. The predicted molar refractivity (Wildman–Crippen MR) is 106 cm³/mol. The SMILES string of the molecule is CCCCOC(=O)C(C)CC(CCCC)(CCCC)CCCC.N. The highest BCUT2D eigenvalue weighted by Crippen LogP contribution is 2.42. The van der Waals surface area contributed by atoms with Crippen LogP contribution in [0, 0.1) is 11.3 Å². The molecule has 0 aliphatic carbocycles. The van der Waals surface area contributed by atoms with Crippen LogP contribution in [0.5, 0.6) is 0 Å². The minimum absolute atomic E-state index is 0. The monoisotopic (exact) mass is 343 g/mol. The number of hydrogen-bond donors (Lipinski definition) is 1. The van der Waals surface area contributed by atoms with Crippen LogP contribution >= 0.6 is 0 Å². The maximum atomic E-state index is 12.3. The number of hydrogen-bond acceptors (Lipinski definition) is 3. The number of carbonyl (C=O) groups is 1. The number of esters is 1. The molecule has 0 rings (SSSR count). The zero-order valence-electron chi connectivity index (χ0n) is 17.3. The molecule has 0 aromatic heterocycles. The second-order valence-corrected chi connectivity index (χ2v) is 7.44. The molecule has 1 atom stereocenters. The van der Waals surface area contributed by atoms with Crippen molar-refractivity contribution in [2.75, 3.05) is 6.61 Å². The maximum Gasteiger partial charge on any atom is 0.308 e. The first-order valence-electron chi connectivity index (χ1n) is 10.2. The van der Waals surface area contributed by atoms with Crippen molar-refractivity contribution in [3.63, 3.8) is 0 Å². The lowest BCUT2D eigenvalue weighted by Crippen LogP contribution is -2.28. The Morgan fingerprint density at radius 1 is 0.833 bits per heavy atom. The van der Waals surface area contributed by atoms with Crippen LogP contribution in [-0.4, -0.2) is 12.6 Å². The molecule has 0 aliphatic heterocycles. The molecule has 0 amide bonds. The Labute approximate surface area is 151 Å². The fraction of sp³-hybridized carbons (Fsp3) is 0.952. The summed E-state index contributed by atoms with van der Waals surface area (Å²) in [6.45, 7) is 11.6. The smallest absolute Gasteiger partial charge is 0.308 e. The van der Waals surface area contributed by atoms with Gasteiger partial charge in [-0.05, 0) is 37.5 Å². The summed E-state index contributed by atoms with van der Waals surface area (Å²) in [6.07, 6.45) is 14.5. The van der Waals surface area contributed by atoms with E-state index >= 15 is 0 Å². The van der Waals surface area contributed by atoms with E-state index in [1.54, 1.807) is 0 Å². The fourth-order valence-electron chi connectivity index (χ4n) is 3.53. The summed E-state index contributed by atoms with van der Waals surface area (Å²) in [5.41, 5.74) is 0.352. The molecule has 3 N–H and O–H groups in total. The summed E-state index contributed by atoms with van der Waals surface area (Å²) in [5, 5.41) is 0. The predicted octanol–water partition coefficient (Wildman–Crippen LogP) is 7.07. The Balaban J connectivity index is 0. The molecule has 0 aromatic rings. The molecule has 0 fully saturated rings. The molecule has 1 unspecified atom stereocenters. The van der Waals surface area contributed by atoms with Crippen molar-refractivity contribution in [1.29, 1.82) is 0 Å². The molecule has 3 nitrogen and oxygen atoms in total. The highest BCUT2D eigenvalue weighted by molar-refractivity contribution is 5.72. The van der Waals surface area contributed by atoms with Crippen molar-refractivity contribution in [3.8, 4) is 0 Å². The van der Waals surface area contributed by atoms with Crippen molar-refractivity contribution in [2.24, 2.45) is 11.3 Å². The van der Waals surface area contributed by atoms with Gasteiger partial charge in [0, 0.05) is 0 Å². The van der Waals surface area contributed by atoms with Crippen molar-refractivity contribution in [3.05, 3.63) is 0 Å². The minimum Gasteiger partial charge on any atom is -0.465 e. The van der Waals surface area contributed by atoms with Gasteiger partial charge >= 0.3 is 5.97 Å². The van der Waals surface area contributed by atoms with Crippen LogP contribution in [-0.2, 0) is 9.53 Å². The zero-order valence-corrected chi connectivity index (χ0v) is 17.3. The van der Waals surface area contributed by atoms with Gasteiger partial charge < -0.3 is 10.9 Å². The van der Waals surface area contributed by atoms with Crippen LogP contribution < -0.4 is 6.15 Å². The van der Waals surface area contributed by atoms with Crippen LogP contribution in [0.3, 0.4) is 0 Å². The molecule has 146 valence electrons. The van der Waals surface area contributed by atoms with Crippen LogP contribution in [0.15, 0.2) is 0 Å². The normalized spacial score (nSPS) is 12.5. The van der Waals surface area contributed by atoms with E-state index in [2.05, 4.69) is 34.6 Å². The van der Waals surface area contributed by atoms with Gasteiger partial charge in [0.2, 0.25) is 0 Å². The Morgan fingerprint density at radius 2 is 1.25 bits per heavy atom. The Hall–Kier alpha value is -0.570. The first-order valence-corrected chi connectivity index (χ1v) is 10.2. The largest absolute Gasteiger partial charge is 0.465 e.